The molecule has 0 aromatic carbocycles. The number of thioether (sulfide) groups is 1. The van der Waals surface area contributed by atoms with Crippen LogP contribution in [-0.2, 0) is 16.6 Å². The molecule has 1 aliphatic carbocycles. The number of rotatable bonds is 5. The number of aromatic nitrogens is 1. The molecule has 0 amide bonds. The molecule has 1 aliphatic rings. The predicted octanol–water partition coefficient (Wildman–Crippen LogP) is 1.07. The lowest BCUT2D eigenvalue weighted by atomic mass is 10.3. The Labute approximate surface area is 111 Å². The van der Waals surface area contributed by atoms with Crippen LogP contribution in [0.4, 0.5) is 0 Å². The van der Waals surface area contributed by atoms with E-state index in [1.54, 1.807) is 11.8 Å². The van der Waals surface area contributed by atoms with Crippen LogP contribution in [0.1, 0.15) is 25.0 Å². The third-order valence-electron chi connectivity index (χ3n) is 3.26. The minimum atomic E-state index is -3.48. The van der Waals surface area contributed by atoms with Crippen molar-refractivity contribution in [1.29, 1.82) is 0 Å². The lowest BCUT2D eigenvalue weighted by Crippen LogP contribution is -2.38. The highest BCUT2D eigenvalue weighted by Gasteiger charge is 2.30. The molecule has 1 heterocycles. The Balaban J connectivity index is 2.11. The van der Waals surface area contributed by atoms with Gasteiger partial charge in [0.15, 0.2) is 0 Å². The van der Waals surface area contributed by atoms with E-state index < -0.39 is 10.0 Å². The van der Waals surface area contributed by atoms with Crippen molar-refractivity contribution in [2.45, 2.75) is 42.1 Å². The molecule has 2 rings (SSSR count). The Morgan fingerprint density at radius 1 is 1.56 bits per heavy atom. The normalized spacial score (nSPS) is 24.6. The Morgan fingerprint density at radius 2 is 2.33 bits per heavy atom. The fraction of sp³-hybridized carbons (Fsp3) is 0.636. The maximum Gasteiger partial charge on any atom is 0.242 e. The van der Waals surface area contributed by atoms with Crippen LogP contribution in [0.25, 0.3) is 0 Å². The smallest absolute Gasteiger partial charge is 0.242 e. The first-order chi connectivity index (χ1) is 8.56. The van der Waals surface area contributed by atoms with Gasteiger partial charge in [0.2, 0.25) is 10.0 Å². The molecule has 1 saturated carbocycles. The average molecular weight is 290 g/mol. The van der Waals surface area contributed by atoms with Gasteiger partial charge < -0.3 is 10.1 Å². The van der Waals surface area contributed by atoms with E-state index in [1.165, 1.54) is 12.3 Å². The highest BCUT2D eigenvalue weighted by Crippen LogP contribution is 2.29. The van der Waals surface area contributed by atoms with Crippen molar-refractivity contribution in [3.63, 3.8) is 0 Å². The molecule has 18 heavy (non-hydrogen) atoms. The molecule has 1 aromatic heterocycles. The summed E-state index contributed by atoms with van der Waals surface area (Å²) in [6, 6.07) is 1.48. The number of nitrogens with one attached hydrogen (secondary N) is 2. The molecule has 7 heteroatoms. The topological polar surface area (TPSA) is 82.2 Å². The van der Waals surface area contributed by atoms with Crippen LogP contribution in [0.2, 0.25) is 0 Å². The Bertz CT molecular complexity index is 498. The SMILES string of the molecule is CSC1CCCC1NS(=O)(=O)c1c[nH]c(CO)c1. The van der Waals surface area contributed by atoms with Crippen LogP contribution in [0, 0.1) is 0 Å². The molecule has 3 N–H and O–H groups in total. The first-order valence-electron chi connectivity index (χ1n) is 5.90. The molecule has 2 unspecified atom stereocenters. The molecule has 5 nitrogen and oxygen atoms in total. The first kappa shape index (κ1) is 13.9. The zero-order chi connectivity index (χ0) is 13.2. The fourth-order valence-electron chi connectivity index (χ4n) is 2.28. The summed E-state index contributed by atoms with van der Waals surface area (Å²) in [5.74, 6) is 0. The number of sulfonamides is 1. The Hall–Kier alpha value is -0.500. The zero-order valence-corrected chi connectivity index (χ0v) is 11.9. The van der Waals surface area contributed by atoms with Gasteiger partial charge in [-0.1, -0.05) is 6.42 Å². The molecule has 0 saturated heterocycles. The highest BCUT2D eigenvalue weighted by atomic mass is 32.2. The second kappa shape index (κ2) is 5.64. The van der Waals surface area contributed by atoms with Gasteiger partial charge in [0.25, 0.3) is 0 Å². The van der Waals surface area contributed by atoms with Gasteiger partial charge in [0.05, 0.1) is 11.5 Å². The van der Waals surface area contributed by atoms with Crippen LogP contribution in [0.5, 0.6) is 0 Å². The van der Waals surface area contributed by atoms with Gasteiger partial charge in [0, 0.05) is 23.2 Å². The lowest BCUT2D eigenvalue weighted by Gasteiger charge is -2.18. The Morgan fingerprint density at radius 3 is 2.94 bits per heavy atom. The lowest BCUT2D eigenvalue weighted by molar-refractivity contribution is 0.277. The highest BCUT2D eigenvalue weighted by molar-refractivity contribution is 7.99. The molecule has 2 atom stereocenters. The predicted molar refractivity (Wildman–Crippen MR) is 72.0 cm³/mol. The van der Waals surface area contributed by atoms with E-state index in [1.807, 2.05) is 6.26 Å². The summed E-state index contributed by atoms with van der Waals surface area (Å²) < 4.78 is 27.1. The molecular formula is C11H18N2O3S2. The molecular weight excluding hydrogens is 272 g/mol. The second-order valence-corrected chi connectivity index (χ2v) is 7.24. The summed E-state index contributed by atoms with van der Waals surface area (Å²) in [5, 5.41) is 9.29. The van der Waals surface area contributed by atoms with Gasteiger partial charge in [-0.15, -0.1) is 0 Å². The van der Waals surface area contributed by atoms with E-state index in [2.05, 4.69) is 9.71 Å². The van der Waals surface area contributed by atoms with Crippen LogP contribution in [-0.4, -0.2) is 36.1 Å². The van der Waals surface area contributed by atoms with Gasteiger partial charge >= 0.3 is 0 Å². The van der Waals surface area contributed by atoms with Crippen molar-refractivity contribution in [2.24, 2.45) is 0 Å². The van der Waals surface area contributed by atoms with Gasteiger partial charge in [-0.05, 0) is 25.2 Å². The first-order valence-corrected chi connectivity index (χ1v) is 8.67. The van der Waals surface area contributed by atoms with E-state index in [0.29, 0.717) is 10.9 Å². The summed E-state index contributed by atoms with van der Waals surface area (Å²) >= 11 is 1.71. The van der Waals surface area contributed by atoms with Gasteiger partial charge in [-0.2, -0.15) is 11.8 Å². The third-order valence-corrected chi connectivity index (χ3v) is 5.90. The van der Waals surface area contributed by atoms with Crippen LogP contribution >= 0.6 is 11.8 Å². The third kappa shape index (κ3) is 2.90. The average Bonchev–Trinajstić information content (AvgIpc) is 2.96. The largest absolute Gasteiger partial charge is 0.390 e. The molecule has 0 spiro atoms. The van der Waals surface area contributed by atoms with Crippen molar-refractivity contribution in [3.8, 4) is 0 Å². The molecule has 1 fully saturated rings. The molecule has 0 radical (unpaired) electrons. The van der Waals surface area contributed by atoms with E-state index >= 15 is 0 Å². The minimum absolute atomic E-state index is 0.0116. The Kier molecular flexibility index (Phi) is 4.37. The van der Waals surface area contributed by atoms with Gasteiger partial charge in [-0.25, -0.2) is 13.1 Å². The fourth-order valence-corrected chi connectivity index (χ4v) is 4.63. The van der Waals surface area contributed by atoms with Crippen LogP contribution in [0.3, 0.4) is 0 Å². The summed E-state index contributed by atoms with van der Waals surface area (Å²) in [7, 11) is -3.48. The van der Waals surface area contributed by atoms with Crippen LogP contribution in [0.15, 0.2) is 17.2 Å². The summed E-state index contributed by atoms with van der Waals surface area (Å²) in [6.07, 6.45) is 6.44. The van der Waals surface area contributed by atoms with E-state index in [-0.39, 0.29) is 17.5 Å². The number of aliphatic hydroxyl groups is 1. The maximum absolute atomic E-state index is 12.2. The number of hydrogen-bond acceptors (Lipinski definition) is 4. The summed E-state index contributed by atoms with van der Waals surface area (Å²) in [4.78, 5) is 2.93. The second-order valence-electron chi connectivity index (χ2n) is 4.45. The van der Waals surface area contributed by atoms with Crippen molar-refractivity contribution in [2.75, 3.05) is 6.26 Å². The monoisotopic (exact) mass is 290 g/mol. The van der Waals surface area contributed by atoms with Crippen molar-refractivity contribution in [3.05, 3.63) is 18.0 Å². The van der Waals surface area contributed by atoms with E-state index in [0.717, 1.165) is 19.3 Å². The van der Waals surface area contributed by atoms with Gasteiger partial charge in [-0.3, -0.25) is 0 Å². The van der Waals surface area contributed by atoms with E-state index in [9.17, 15) is 8.42 Å². The summed E-state index contributed by atoms with van der Waals surface area (Å²) in [6.45, 7) is -0.188. The standard InChI is InChI=1S/C11H18N2O3S2/c1-17-11-4-2-3-10(11)13-18(15,16)9-5-8(7-14)12-6-9/h5-6,10-14H,2-4,7H2,1H3. The van der Waals surface area contributed by atoms with E-state index in [4.69, 9.17) is 5.11 Å². The zero-order valence-electron chi connectivity index (χ0n) is 10.2. The number of H-pyrrole nitrogens is 1. The summed E-state index contributed by atoms with van der Waals surface area (Å²) in [5.41, 5.74) is 0.503. The van der Waals surface area contributed by atoms with Crippen molar-refractivity contribution >= 4 is 21.8 Å². The van der Waals surface area contributed by atoms with Crippen molar-refractivity contribution < 1.29 is 13.5 Å². The number of aromatic amines is 1. The number of aliphatic hydroxyl groups excluding tert-OH is 1. The molecule has 0 bridgehead atoms. The van der Waals surface area contributed by atoms with Gasteiger partial charge in [0.1, 0.15) is 0 Å². The van der Waals surface area contributed by atoms with Crippen molar-refractivity contribution in [1.82, 2.24) is 9.71 Å². The maximum atomic E-state index is 12.2. The molecule has 102 valence electrons. The quantitative estimate of drug-likeness (QED) is 0.757. The minimum Gasteiger partial charge on any atom is -0.390 e. The molecule has 0 aliphatic heterocycles. The van der Waals surface area contributed by atoms with Crippen LogP contribution < -0.4 is 4.72 Å². The number of hydrogen-bond donors (Lipinski definition) is 3. The molecule has 1 aromatic rings.